The molecule has 1 aliphatic heterocycles. The lowest BCUT2D eigenvalue weighted by Gasteiger charge is -2.19. The number of carbonyl (C=O) groups excluding carboxylic acids is 2. The molecule has 2 aliphatic rings. The van der Waals surface area contributed by atoms with Crippen LogP contribution in [0.25, 0.3) is 0 Å². The first-order valence-corrected chi connectivity index (χ1v) is 6.72. The first kappa shape index (κ1) is 12.8. The summed E-state index contributed by atoms with van der Waals surface area (Å²) in [5, 5.41) is 10.8. The number of benzene rings is 1. The molecule has 0 N–H and O–H groups in total. The van der Waals surface area contributed by atoms with Crippen molar-refractivity contribution in [1.29, 1.82) is 0 Å². The molecule has 2 amide bonds. The van der Waals surface area contributed by atoms with Crippen molar-refractivity contribution < 1.29 is 14.5 Å². The van der Waals surface area contributed by atoms with Gasteiger partial charge in [-0.25, -0.2) is 4.90 Å². The third kappa shape index (κ3) is 1.88. The predicted molar refractivity (Wildman–Crippen MR) is 71.0 cm³/mol. The van der Waals surface area contributed by atoms with Gasteiger partial charge in [0, 0.05) is 12.1 Å². The molecule has 104 valence electrons. The number of anilines is 1. The van der Waals surface area contributed by atoms with E-state index in [1.807, 2.05) is 0 Å². The van der Waals surface area contributed by atoms with E-state index in [1.165, 1.54) is 18.2 Å². The zero-order chi connectivity index (χ0) is 14.3. The number of amides is 2. The van der Waals surface area contributed by atoms with Gasteiger partial charge in [0.25, 0.3) is 5.69 Å². The van der Waals surface area contributed by atoms with Crippen molar-refractivity contribution in [3.63, 3.8) is 0 Å². The summed E-state index contributed by atoms with van der Waals surface area (Å²) in [6.07, 6.45) is 3.40. The third-order valence-corrected chi connectivity index (χ3v) is 4.14. The Labute approximate surface area is 115 Å². The summed E-state index contributed by atoms with van der Waals surface area (Å²) in [5.74, 6) is -0.897. The maximum atomic E-state index is 12.4. The number of hydrogen-bond acceptors (Lipinski definition) is 4. The van der Waals surface area contributed by atoms with Gasteiger partial charge in [0.05, 0.1) is 22.4 Å². The smallest absolute Gasteiger partial charge is 0.271 e. The van der Waals surface area contributed by atoms with Gasteiger partial charge in [-0.3, -0.25) is 19.7 Å². The quantitative estimate of drug-likeness (QED) is 0.470. The van der Waals surface area contributed by atoms with E-state index in [1.54, 1.807) is 6.07 Å². The largest absolute Gasteiger partial charge is 0.274 e. The highest BCUT2D eigenvalue weighted by Crippen LogP contribution is 2.40. The van der Waals surface area contributed by atoms with Gasteiger partial charge in [-0.1, -0.05) is 18.9 Å². The van der Waals surface area contributed by atoms with Gasteiger partial charge < -0.3 is 0 Å². The van der Waals surface area contributed by atoms with E-state index < -0.39 is 4.92 Å². The van der Waals surface area contributed by atoms with Crippen LogP contribution in [0.4, 0.5) is 11.4 Å². The number of hydrogen-bond donors (Lipinski definition) is 0. The van der Waals surface area contributed by atoms with Crippen molar-refractivity contribution in [3.05, 3.63) is 34.4 Å². The molecule has 20 heavy (non-hydrogen) atoms. The van der Waals surface area contributed by atoms with Gasteiger partial charge in [-0.15, -0.1) is 0 Å². The first-order valence-electron chi connectivity index (χ1n) is 6.72. The third-order valence-electron chi connectivity index (χ3n) is 4.14. The molecule has 2 atom stereocenters. The Morgan fingerprint density at radius 1 is 1.10 bits per heavy atom. The van der Waals surface area contributed by atoms with Crippen molar-refractivity contribution in [2.45, 2.75) is 25.7 Å². The van der Waals surface area contributed by atoms with Gasteiger partial charge in [-0.2, -0.15) is 0 Å². The Bertz CT molecular complexity index is 575. The number of rotatable bonds is 2. The lowest BCUT2D eigenvalue weighted by atomic mass is 9.81. The summed E-state index contributed by atoms with van der Waals surface area (Å²) in [4.78, 5) is 36.1. The van der Waals surface area contributed by atoms with Crippen LogP contribution in [0.5, 0.6) is 0 Å². The molecular weight excluding hydrogens is 260 g/mol. The Hall–Kier alpha value is -2.24. The topological polar surface area (TPSA) is 80.5 Å². The van der Waals surface area contributed by atoms with Crippen molar-refractivity contribution >= 4 is 23.2 Å². The molecule has 0 spiro atoms. The summed E-state index contributed by atoms with van der Waals surface area (Å²) in [7, 11) is 0. The minimum atomic E-state index is -0.526. The average molecular weight is 274 g/mol. The zero-order valence-corrected chi connectivity index (χ0v) is 10.8. The summed E-state index contributed by atoms with van der Waals surface area (Å²) in [6.45, 7) is 0. The molecule has 1 aromatic rings. The van der Waals surface area contributed by atoms with Gasteiger partial charge in [0.15, 0.2) is 0 Å². The van der Waals surface area contributed by atoms with Crippen LogP contribution in [0, 0.1) is 22.0 Å². The lowest BCUT2D eigenvalue weighted by Crippen LogP contribution is -2.30. The highest BCUT2D eigenvalue weighted by molar-refractivity contribution is 6.22. The average Bonchev–Trinajstić information content (AvgIpc) is 2.72. The molecule has 1 saturated carbocycles. The number of non-ortho nitro benzene ring substituents is 1. The number of fused-ring (bicyclic) bond motifs is 1. The molecular formula is C14H14N2O4. The second kappa shape index (κ2) is 4.70. The number of nitro groups is 1. The van der Waals surface area contributed by atoms with E-state index in [0.717, 1.165) is 30.6 Å². The Kier molecular flexibility index (Phi) is 3.00. The predicted octanol–water partition coefficient (Wildman–Crippen LogP) is 2.27. The minimum absolute atomic E-state index is 0.113. The minimum Gasteiger partial charge on any atom is -0.274 e. The first-order chi connectivity index (χ1) is 9.59. The van der Waals surface area contributed by atoms with Gasteiger partial charge in [-0.05, 0) is 18.9 Å². The highest BCUT2D eigenvalue weighted by atomic mass is 16.6. The van der Waals surface area contributed by atoms with Crippen molar-refractivity contribution in [3.8, 4) is 0 Å². The molecule has 6 heteroatoms. The van der Waals surface area contributed by atoms with Crippen LogP contribution in [-0.2, 0) is 9.59 Å². The van der Waals surface area contributed by atoms with Crippen LogP contribution < -0.4 is 4.90 Å². The molecule has 0 radical (unpaired) electrons. The molecule has 2 fully saturated rings. The van der Waals surface area contributed by atoms with Crippen molar-refractivity contribution in [2.24, 2.45) is 11.8 Å². The number of nitro benzene ring substituents is 1. The maximum absolute atomic E-state index is 12.4. The van der Waals surface area contributed by atoms with E-state index in [0.29, 0.717) is 5.69 Å². The van der Waals surface area contributed by atoms with Crippen LogP contribution in [0.2, 0.25) is 0 Å². The summed E-state index contributed by atoms with van der Waals surface area (Å²) >= 11 is 0. The van der Waals surface area contributed by atoms with Crippen LogP contribution >= 0.6 is 0 Å². The molecule has 6 nitrogen and oxygen atoms in total. The number of imide groups is 1. The molecule has 0 aromatic heterocycles. The normalized spacial score (nSPS) is 25.7. The second-order valence-electron chi connectivity index (χ2n) is 5.29. The number of nitrogens with zero attached hydrogens (tertiary/aromatic N) is 2. The van der Waals surface area contributed by atoms with E-state index >= 15 is 0 Å². The Morgan fingerprint density at radius 2 is 1.70 bits per heavy atom. The molecule has 1 heterocycles. The van der Waals surface area contributed by atoms with E-state index in [4.69, 9.17) is 0 Å². The fourth-order valence-electron chi connectivity index (χ4n) is 3.16. The van der Waals surface area contributed by atoms with Crippen LogP contribution in [0.15, 0.2) is 24.3 Å². The molecule has 3 rings (SSSR count). The van der Waals surface area contributed by atoms with Crippen LogP contribution in [0.1, 0.15) is 25.7 Å². The molecule has 1 aliphatic carbocycles. The fourth-order valence-corrected chi connectivity index (χ4v) is 3.16. The van der Waals surface area contributed by atoms with Crippen molar-refractivity contribution in [1.82, 2.24) is 0 Å². The zero-order valence-electron chi connectivity index (χ0n) is 10.8. The van der Waals surface area contributed by atoms with Crippen LogP contribution in [-0.4, -0.2) is 16.7 Å². The van der Waals surface area contributed by atoms with E-state index in [-0.39, 0.29) is 29.3 Å². The SMILES string of the molecule is O=C1C2CCCCC2C(=O)N1c1cccc([N+](=O)[O-])c1. The summed E-state index contributed by atoms with van der Waals surface area (Å²) < 4.78 is 0. The Morgan fingerprint density at radius 3 is 2.25 bits per heavy atom. The number of carbonyl (C=O) groups is 2. The summed E-state index contributed by atoms with van der Waals surface area (Å²) in [6, 6.07) is 5.70. The molecule has 2 unspecified atom stereocenters. The second-order valence-corrected chi connectivity index (χ2v) is 5.29. The van der Waals surface area contributed by atoms with E-state index in [9.17, 15) is 19.7 Å². The van der Waals surface area contributed by atoms with Gasteiger partial charge >= 0.3 is 0 Å². The van der Waals surface area contributed by atoms with Crippen LogP contribution in [0.3, 0.4) is 0 Å². The summed E-state index contributed by atoms with van der Waals surface area (Å²) in [5.41, 5.74) is 0.196. The lowest BCUT2D eigenvalue weighted by molar-refractivity contribution is -0.384. The highest BCUT2D eigenvalue weighted by Gasteiger charge is 2.48. The fraction of sp³-hybridized carbons (Fsp3) is 0.429. The Balaban J connectivity index is 1.97. The van der Waals surface area contributed by atoms with Crippen molar-refractivity contribution in [2.75, 3.05) is 4.90 Å². The molecule has 1 saturated heterocycles. The van der Waals surface area contributed by atoms with Gasteiger partial charge in [0.1, 0.15) is 0 Å². The maximum Gasteiger partial charge on any atom is 0.271 e. The molecule has 0 bridgehead atoms. The van der Waals surface area contributed by atoms with E-state index in [2.05, 4.69) is 0 Å². The standard InChI is InChI=1S/C14H14N2O4/c17-13-11-6-1-2-7-12(11)14(18)15(13)9-4-3-5-10(8-9)16(19)20/h3-5,8,11-12H,1-2,6-7H2. The van der Waals surface area contributed by atoms with Gasteiger partial charge in [0.2, 0.25) is 11.8 Å². The monoisotopic (exact) mass is 274 g/mol. The molecule has 1 aromatic carbocycles.